The molecule has 7 aromatic carbocycles. The van der Waals surface area contributed by atoms with Crippen molar-refractivity contribution in [2.75, 3.05) is 0 Å². The molecule has 232 valence electrons. The van der Waals surface area contributed by atoms with E-state index in [1.807, 2.05) is 29.7 Å². The summed E-state index contributed by atoms with van der Waals surface area (Å²) < 4.78 is 0. The Morgan fingerprint density at radius 3 is 2.27 bits per heavy atom. The third-order valence-corrected chi connectivity index (χ3v) is 12.5. The third kappa shape index (κ3) is 4.30. The minimum absolute atomic E-state index is 0.451. The molecule has 0 radical (unpaired) electrons. The Balaban J connectivity index is 1.23. The minimum Gasteiger partial charge on any atom is -0.252 e. The first-order valence-corrected chi connectivity index (χ1v) is 18.4. The average molecular weight is 663 g/mol. The number of aryl methyl sites for hydroxylation is 1. The number of benzene rings is 7. The summed E-state index contributed by atoms with van der Waals surface area (Å²) in [7, 11) is 0. The molecule has 10 rings (SSSR count). The van der Waals surface area contributed by atoms with Gasteiger partial charge in [-0.2, -0.15) is 0 Å². The maximum atomic E-state index is 5.28. The fraction of sp³-hybridized carbons (Fsp3) is 0.0667. The Morgan fingerprint density at radius 1 is 0.592 bits per heavy atom. The van der Waals surface area contributed by atoms with Crippen molar-refractivity contribution in [1.82, 2.24) is 9.97 Å². The van der Waals surface area contributed by atoms with E-state index in [9.17, 15) is 0 Å². The van der Waals surface area contributed by atoms with E-state index in [0.29, 0.717) is 0 Å². The van der Waals surface area contributed by atoms with Crippen LogP contribution in [0.15, 0.2) is 171 Å². The molecule has 0 bridgehead atoms. The molecule has 0 aliphatic carbocycles. The Morgan fingerprint density at radius 2 is 1.37 bits per heavy atom. The molecule has 8 aromatic rings. The second-order valence-corrected chi connectivity index (χ2v) is 14.9. The molecular formula is C45H30N2S2. The van der Waals surface area contributed by atoms with E-state index >= 15 is 0 Å². The highest BCUT2D eigenvalue weighted by atomic mass is 32.2. The van der Waals surface area contributed by atoms with Crippen LogP contribution in [0.25, 0.3) is 44.2 Å². The molecule has 0 saturated carbocycles. The van der Waals surface area contributed by atoms with E-state index in [-0.39, 0.29) is 0 Å². The van der Waals surface area contributed by atoms with Gasteiger partial charge in [-0.3, -0.25) is 4.98 Å². The van der Waals surface area contributed by atoms with Gasteiger partial charge in [-0.05, 0) is 86.5 Å². The van der Waals surface area contributed by atoms with Crippen molar-refractivity contribution in [3.8, 4) is 22.4 Å². The fourth-order valence-corrected chi connectivity index (χ4v) is 10.7. The first-order chi connectivity index (χ1) is 24.2. The number of hydrogen-bond acceptors (Lipinski definition) is 4. The predicted molar refractivity (Wildman–Crippen MR) is 204 cm³/mol. The number of aromatic nitrogens is 2. The van der Waals surface area contributed by atoms with E-state index in [4.69, 9.17) is 9.97 Å². The van der Waals surface area contributed by atoms with Crippen molar-refractivity contribution in [3.63, 3.8) is 0 Å². The van der Waals surface area contributed by atoms with Crippen molar-refractivity contribution >= 4 is 45.3 Å². The Hall–Kier alpha value is -5.16. The van der Waals surface area contributed by atoms with Crippen LogP contribution in [-0.4, -0.2) is 9.97 Å². The lowest BCUT2D eigenvalue weighted by molar-refractivity contribution is 0.666. The zero-order valence-electron chi connectivity index (χ0n) is 26.9. The van der Waals surface area contributed by atoms with Gasteiger partial charge in [0.05, 0.1) is 28.3 Å². The molecule has 1 aromatic heterocycles. The molecular weight excluding hydrogens is 633 g/mol. The van der Waals surface area contributed by atoms with Crippen molar-refractivity contribution in [1.29, 1.82) is 0 Å². The number of rotatable bonds is 4. The summed E-state index contributed by atoms with van der Waals surface area (Å²) in [6, 6.07) is 53.5. The van der Waals surface area contributed by atoms with Crippen LogP contribution >= 0.6 is 23.5 Å². The quantitative estimate of drug-likeness (QED) is 0.187. The van der Waals surface area contributed by atoms with Gasteiger partial charge in [0.15, 0.2) is 0 Å². The largest absolute Gasteiger partial charge is 0.252 e. The Labute approximate surface area is 294 Å². The van der Waals surface area contributed by atoms with Crippen molar-refractivity contribution in [2.45, 2.75) is 38.3 Å². The third-order valence-electron chi connectivity index (χ3n) is 10.2. The molecule has 0 saturated heterocycles. The molecule has 3 heterocycles. The lowest BCUT2D eigenvalue weighted by Crippen LogP contribution is -2.37. The molecule has 0 fully saturated rings. The van der Waals surface area contributed by atoms with E-state index < -0.39 is 5.41 Å². The van der Waals surface area contributed by atoms with Crippen molar-refractivity contribution in [2.24, 2.45) is 0 Å². The van der Waals surface area contributed by atoms with Crippen LogP contribution in [0.4, 0.5) is 0 Å². The fourth-order valence-electron chi connectivity index (χ4n) is 8.00. The lowest BCUT2D eigenvalue weighted by atomic mass is 9.64. The smallest absolute Gasteiger partial charge is 0.0900 e. The van der Waals surface area contributed by atoms with Crippen LogP contribution in [0.5, 0.6) is 0 Å². The summed E-state index contributed by atoms with van der Waals surface area (Å²) in [5, 5.41) is 2.55. The highest BCUT2D eigenvalue weighted by molar-refractivity contribution is 8.00. The number of nitrogens with zero attached hydrogens (tertiary/aromatic N) is 2. The zero-order chi connectivity index (χ0) is 32.5. The molecule has 0 N–H and O–H groups in total. The van der Waals surface area contributed by atoms with Crippen LogP contribution in [0.1, 0.15) is 34.7 Å². The molecule has 0 amide bonds. The maximum absolute atomic E-state index is 5.28. The summed E-state index contributed by atoms with van der Waals surface area (Å²) in [5.41, 5.74) is 12.5. The van der Waals surface area contributed by atoms with E-state index in [0.717, 1.165) is 28.7 Å². The second-order valence-electron chi connectivity index (χ2n) is 12.8. The first kappa shape index (κ1) is 28.8. The van der Waals surface area contributed by atoms with Gasteiger partial charge in [-0.25, -0.2) is 4.98 Å². The zero-order valence-corrected chi connectivity index (χ0v) is 28.5. The van der Waals surface area contributed by atoms with Crippen LogP contribution < -0.4 is 0 Å². The Kier molecular flexibility index (Phi) is 6.58. The highest BCUT2D eigenvalue weighted by Gasteiger charge is 2.49. The average Bonchev–Trinajstić information content (AvgIpc) is 3.17. The second kappa shape index (κ2) is 11.2. The summed E-state index contributed by atoms with van der Waals surface area (Å²) >= 11 is 3.78. The summed E-state index contributed by atoms with van der Waals surface area (Å²) in [4.78, 5) is 15.4. The SMILES string of the molecule is CCc1ccccc1-c1ccc2ncc(-c3cc4c5c(c3)Sc3c(ccc6ccccc36)C5(c3ccccc3)c3ccccc3S4)nc2c1. The van der Waals surface area contributed by atoms with Gasteiger partial charge in [0.1, 0.15) is 0 Å². The highest BCUT2D eigenvalue weighted by Crippen LogP contribution is 2.64. The summed E-state index contributed by atoms with van der Waals surface area (Å²) in [6.45, 7) is 2.21. The Bertz CT molecular complexity index is 2610. The van der Waals surface area contributed by atoms with Crippen molar-refractivity contribution in [3.05, 3.63) is 180 Å². The molecule has 2 nitrogen and oxygen atoms in total. The van der Waals surface area contributed by atoms with E-state index in [1.165, 1.54) is 69.3 Å². The summed E-state index contributed by atoms with van der Waals surface area (Å²) in [5.74, 6) is 0. The molecule has 1 unspecified atom stereocenters. The molecule has 1 atom stereocenters. The van der Waals surface area contributed by atoms with Crippen molar-refractivity contribution < 1.29 is 0 Å². The van der Waals surface area contributed by atoms with Gasteiger partial charge in [-0.1, -0.05) is 146 Å². The molecule has 2 aliphatic rings. The lowest BCUT2D eigenvalue weighted by Gasteiger charge is -2.46. The van der Waals surface area contributed by atoms with Gasteiger partial charge in [0.2, 0.25) is 0 Å². The molecule has 2 aliphatic heterocycles. The molecule has 0 spiro atoms. The number of fused-ring (bicyclic) bond motifs is 7. The van der Waals surface area contributed by atoms with Gasteiger partial charge >= 0.3 is 0 Å². The van der Waals surface area contributed by atoms with Crippen LogP contribution in [0, 0.1) is 0 Å². The van der Waals surface area contributed by atoms with E-state index in [1.54, 1.807) is 0 Å². The monoisotopic (exact) mass is 662 g/mol. The van der Waals surface area contributed by atoms with Crippen LogP contribution in [0.2, 0.25) is 0 Å². The topological polar surface area (TPSA) is 25.8 Å². The molecule has 49 heavy (non-hydrogen) atoms. The van der Waals surface area contributed by atoms with Crippen LogP contribution in [0.3, 0.4) is 0 Å². The number of hydrogen-bond donors (Lipinski definition) is 0. The van der Waals surface area contributed by atoms with Gasteiger partial charge in [-0.15, -0.1) is 0 Å². The van der Waals surface area contributed by atoms with Crippen LogP contribution in [-0.2, 0) is 11.8 Å². The predicted octanol–water partition coefficient (Wildman–Crippen LogP) is 12.0. The van der Waals surface area contributed by atoms with Gasteiger partial charge in [0.25, 0.3) is 0 Å². The molecule has 4 heteroatoms. The standard InChI is InChI=1S/C45H30N2S2/c1-2-28-12-6-8-16-33(28)30-21-23-37-38(24-30)47-39(27-46-37)31-25-41-43-42(26-31)49-44-34-17-9-7-13-29(34)20-22-36(44)45(43,32-14-4-3-5-15-32)35-18-10-11-19-40(35)48-41/h3-27H,2H2,1H3. The maximum Gasteiger partial charge on any atom is 0.0900 e. The van der Waals surface area contributed by atoms with Gasteiger partial charge < -0.3 is 0 Å². The first-order valence-electron chi connectivity index (χ1n) is 16.8. The van der Waals surface area contributed by atoms with Gasteiger partial charge in [0, 0.05) is 25.1 Å². The minimum atomic E-state index is -0.451. The summed E-state index contributed by atoms with van der Waals surface area (Å²) in [6.07, 6.45) is 2.93. The normalized spacial score (nSPS) is 15.9. The van der Waals surface area contributed by atoms with E-state index in [2.05, 4.69) is 153 Å².